The number of hydrogen-bond acceptors (Lipinski definition) is 3. The molecule has 1 aromatic carbocycles. The summed E-state index contributed by atoms with van der Waals surface area (Å²) in [5.74, 6) is -0.502. The van der Waals surface area contributed by atoms with Crippen molar-refractivity contribution in [2.24, 2.45) is 11.7 Å². The van der Waals surface area contributed by atoms with Crippen LogP contribution in [0.4, 0.5) is 4.39 Å². The van der Waals surface area contributed by atoms with E-state index in [1.165, 1.54) is 13.2 Å². The third-order valence-electron chi connectivity index (χ3n) is 3.92. The number of carbonyl (C=O) groups excluding carboxylic acids is 1. The summed E-state index contributed by atoms with van der Waals surface area (Å²) in [6, 6.07) is 4.97. The molecule has 3 N–H and O–H groups in total. The fraction of sp³-hybridized carbons (Fsp3) is 0.533. The summed E-state index contributed by atoms with van der Waals surface area (Å²) >= 11 is 0. The Morgan fingerprint density at radius 2 is 2.20 bits per heavy atom. The SMILES string of the molecule is COc1ccc(CNC2CCCCC2C(N)=O)cc1F. The number of nitrogens with two attached hydrogens (primary N) is 1. The van der Waals surface area contributed by atoms with E-state index < -0.39 is 0 Å². The third kappa shape index (κ3) is 3.48. The molecule has 1 aliphatic carbocycles. The first kappa shape index (κ1) is 14.8. The largest absolute Gasteiger partial charge is 0.494 e. The van der Waals surface area contributed by atoms with Crippen molar-refractivity contribution in [2.45, 2.75) is 38.3 Å². The third-order valence-corrected chi connectivity index (χ3v) is 3.92. The lowest BCUT2D eigenvalue weighted by molar-refractivity contribution is -0.123. The van der Waals surface area contributed by atoms with Crippen LogP contribution < -0.4 is 15.8 Å². The van der Waals surface area contributed by atoms with Crippen LogP contribution in [0.3, 0.4) is 0 Å². The number of nitrogens with one attached hydrogen (secondary N) is 1. The number of ether oxygens (including phenoxy) is 1. The van der Waals surface area contributed by atoms with Gasteiger partial charge in [0.2, 0.25) is 5.91 Å². The molecule has 0 aliphatic heterocycles. The van der Waals surface area contributed by atoms with E-state index in [0.717, 1.165) is 31.2 Å². The van der Waals surface area contributed by atoms with Crippen LogP contribution in [0.2, 0.25) is 0 Å². The molecule has 0 aromatic heterocycles. The number of carbonyl (C=O) groups is 1. The van der Waals surface area contributed by atoms with Crippen molar-refractivity contribution < 1.29 is 13.9 Å². The number of halogens is 1. The molecule has 2 atom stereocenters. The summed E-state index contributed by atoms with van der Waals surface area (Å²) < 4.78 is 18.5. The summed E-state index contributed by atoms with van der Waals surface area (Å²) in [6.07, 6.45) is 3.91. The number of rotatable bonds is 5. The molecule has 0 heterocycles. The van der Waals surface area contributed by atoms with E-state index in [1.807, 2.05) is 6.07 Å². The molecule has 4 nitrogen and oxygen atoms in total. The first-order valence-corrected chi connectivity index (χ1v) is 6.97. The van der Waals surface area contributed by atoms with Crippen LogP contribution >= 0.6 is 0 Å². The molecule has 0 spiro atoms. The second kappa shape index (κ2) is 6.70. The zero-order valence-electron chi connectivity index (χ0n) is 11.7. The molecule has 5 heteroatoms. The molecule has 1 fully saturated rings. The highest BCUT2D eigenvalue weighted by Crippen LogP contribution is 2.25. The molecular weight excluding hydrogens is 259 g/mol. The maximum absolute atomic E-state index is 13.6. The second-order valence-electron chi connectivity index (χ2n) is 5.25. The maximum Gasteiger partial charge on any atom is 0.222 e. The Kier molecular flexibility index (Phi) is 4.95. The number of methoxy groups -OCH3 is 1. The van der Waals surface area contributed by atoms with Gasteiger partial charge in [0.25, 0.3) is 0 Å². The number of amides is 1. The van der Waals surface area contributed by atoms with Crippen molar-refractivity contribution in [3.05, 3.63) is 29.6 Å². The predicted molar refractivity (Wildman–Crippen MR) is 74.7 cm³/mol. The molecule has 20 heavy (non-hydrogen) atoms. The van der Waals surface area contributed by atoms with Crippen LogP contribution in [0.1, 0.15) is 31.2 Å². The number of primary amides is 1. The zero-order chi connectivity index (χ0) is 14.5. The molecule has 0 bridgehead atoms. The van der Waals surface area contributed by atoms with Gasteiger partial charge in [0.15, 0.2) is 11.6 Å². The van der Waals surface area contributed by atoms with Crippen LogP contribution in [0.15, 0.2) is 18.2 Å². The molecule has 2 rings (SSSR count). The van der Waals surface area contributed by atoms with E-state index >= 15 is 0 Å². The van der Waals surface area contributed by atoms with Gasteiger partial charge in [-0.2, -0.15) is 0 Å². The van der Waals surface area contributed by atoms with Crippen molar-refractivity contribution in [1.29, 1.82) is 0 Å². The smallest absolute Gasteiger partial charge is 0.222 e. The molecule has 1 aliphatic rings. The van der Waals surface area contributed by atoms with Gasteiger partial charge in [0.05, 0.1) is 13.0 Å². The van der Waals surface area contributed by atoms with Gasteiger partial charge in [-0.15, -0.1) is 0 Å². The Hall–Kier alpha value is -1.62. The summed E-state index contributed by atoms with van der Waals surface area (Å²) in [5, 5.41) is 3.33. The minimum atomic E-state index is -0.373. The molecule has 1 saturated carbocycles. The van der Waals surface area contributed by atoms with Gasteiger partial charge in [-0.05, 0) is 30.5 Å². The van der Waals surface area contributed by atoms with Gasteiger partial charge in [-0.25, -0.2) is 4.39 Å². The Bertz CT molecular complexity index is 479. The fourth-order valence-electron chi connectivity index (χ4n) is 2.78. The van der Waals surface area contributed by atoms with E-state index in [9.17, 15) is 9.18 Å². The lowest BCUT2D eigenvalue weighted by Crippen LogP contribution is -2.44. The van der Waals surface area contributed by atoms with Gasteiger partial charge in [-0.1, -0.05) is 18.9 Å². The number of hydrogen-bond donors (Lipinski definition) is 2. The molecule has 0 radical (unpaired) electrons. The normalized spacial score (nSPS) is 22.5. The predicted octanol–water partition coefficient (Wildman–Crippen LogP) is 1.97. The first-order valence-electron chi connectivity index (χ1n) is 6.97. The minimum absolute atomic E-state index is 0.0893. The van der Waals surface area contributed by atoms with E-state index in [4.69, 9.17) is 10.5 Å². The van der Waals surface area contributed by atoms with Crippen LogP contribution in [0, 0.1) is 11.7 Å². The lowest BCUT2D eigenvalue weighted by atomic mass is 9.84. The summed E-state index contributed by atoms with van der Waals surface area (Å²) in [6.45, 7) is 0.523. The van der Waals surface area contributed by atoms with Gasteiger partial charge in [0.1, 0.15) is 0 Å². The average molecular weight is 280 g/mol. The molecule has 110 valence electrons. The van der Waals surface area contributed by atoms with Gasteiger partial charge >= 0.3 is 0 Å². The Morgan fingerprint density at radius 1 is 1.45 bits per heavy atom. The second-order valence-corrected chi connectivity index (χ2v) is 5.25. The molecule has 0 saturated heterocycles. The van der Waals surface area contributed by atoms with Crippen LogP contribution in [-0.2, 0) is 11.3 Å². The van der Waals surface area contributed by atoms with E-state index in [0.29, 0.717) is 6.54 Å². The topological polar surface area (TPSA) is 64.3 Å². The van der Waals surface area contributed by atoms with Gasteiger partial charge < -0.3 is 15.8 Å². The zero-order valence-corrected chi connectivity index (χ0v) is 11.7. The molecule has 2 unspecified atom stereocenters. The first-order chi connectivity index (χ1) is 9.61. The Labute approximate surface area is 118 Å². The highest BCUT2D eigenvalue weighted by Gasteiger charge is 2.28. The van der Waals surface area contributed by atoms with Crippen LogP contribution in [0.5, 0.6) is 5.75 Å². The van der Waals surface area contributed by atoms with Crippen molar-refractivity contribution in [1.82, 2.24) is 5.32 Å². The summed E-state index contributed by atoms with van der Waals surface area (Å²) in [7, 11) is 1.44. The highest BCUT2D eigenvalue weighted by atomic mass is 19.1. The number of benzene rings is 1. The van der Waals surface area contributed by atoms with E-state index in [1.54, 1.807) is 6.07 Å². The van der Waals surface area contributed by atoms with Crippen LogP contribution in [0.25, 0.3) is 0 Å². The lowest BCUT2D eigenvalue weighted by Gasteiger charge is -2.30. The van der Waals surface area contributed by atoms with Crippen molar-refractivity contribution >= 4 is 5.91 Å². The molecular formula is C15H21FN2O2. The van der Waals surface area contributed by atoms with Crippen molar-refractivity contribution in [2.75, 3.05) is 7.11 Å². The average Bonchev–Trinajstić information content (AvgIpc) is 2.45. The van der Waals surface area contributed by atoms with Crippen LogP contribution in [-0.4, -0.2) is 19.1 Å². The molecule has 1 aromatic rings. The Balaban J connectivity index is 1.96. The van der Waals surface area contributed by atoms with E-state index in [-0.39, 0.29) is 29.4 Å². The van der Waals surface area contributed by atoms with Gasteiger partial charge in [-0.3, -0.25) is 4.79 Å². The van der Waals surface area contributed by atoms with Crippen molar-refractivity contribution in [3.63, 3.8) is 0 Å². The fourth-order valence-corrected chi connectivity index (χ4v) is 2.78. The Morgan fingerprint density at radius 3 is 2.85 bits per heavy atom. The summed E-state index contributed by atoms with van der Waals surface area (Å²) in [5.41, 5.74) is 6.26. The van der Waals surface area contributed by atoms with Crippen molar-refractivity contribution in [3.8, 4) is 5.75 Å². The maximum atomic E-state index is 13.6. The highest BCUT2D eigenvalue weighted by molar-refractivity contribution is 5.77. The summed E-state index contributed by atoms with van der Waals surface area (Å²) in [4.78, 5) is 11.4. The standard InChI is InChI=1S/C15H21FN2O2/c1-20-14-7-6-10(8-12(14)16)9-18-13-5-3-2-4-11(13)15(17)19/h6-8,11,13,18H,2-5,9H2,1H3,(H2,17,19). The quantitative estimate of drug-likeness (QED) is 0.866. The minimum Gasteiger partial charge on any atom is -0.494 e. The monoisotopic (exact) mass is 280 g/mol. The molecule has 1 amide bonds. The van der Waals surface area contributed by atoms with E-state index in [2.05, 4.69) is 5.32 Å². The van der Waals surface area contributed by atoms with Gasteiger partial charge in [0, 0.05) is 12.6 Å².